The first kappa shape index (κ1) is 41.1. The maximum atomic E-state index is 14.7. The molecule has 1 heterocycles. The van der Waals surface area contributed by atoms with E-state index >= 15 is 0 Å². The number of amides is 7. The third-order valence-corrected chi connectivity index (χ3v) is 9.52. The van der Waals surface area contributed by atoms with Crippen molar-refractivity contribution in [3.05, 3.63) is 132 Å². The van der Waals surface area contributed by atoms with Crippen LogP contribution in [0.5, 0.6) is 0 Å². The molecule has 4 unspecified atom stereocenters. The number of carboxylic acids is 2. The van der Waals surface area contributed by atoms with Crippen molar-refractivity contribution in [2.75, 3.05) is 10.6 Å². The number of nitrogens with zero attached hydrogens (tertiary/aromatic N) is 2. The number of aliphatic carboxylic acids is 2. The van der Waals surface area contributed by atoms with Crippen LogP contribution in [-0.2, 0) is 36.1 Å². The zero-order valence-corrected chi connectivity index (χ0v) is 31.5. The second kappa shape index (κ2) is 18.1. The lowest BCUT2D eigenvalue weighted by atomic mass is 9.89. The number of carboxylic acid groups (broad SMARTS) is 2. The highest BCUT2D eigenvalue weighted by Crippen LogP contribution is 2.40. The molecule has 6 N–H and O–H groups in total. The molecule has 0 aromatic heterocycles. The predicted molar refractivity (Wildman–Crippen MR) is 209 cm³/mol. The van der Waals surface area contributed by atoms with Crippen LogP contribution in [0, 0.1) is 5.92 Å². The lowest BCUT2D eigenvalue weighted by molar-refractivity contribution is -0.145. The maximum absolute atomic E-state index is 14.7. The highest BCUT2D eigenvalue weighted by atomic mass is 16.4. The molecule has 0 aliphatic carbocycles. The Morgan fingerprint density at radius 3 is 1.79 bits per heavy atom. The third kappa shape index (κ3) is 9.80. The number of carbonyl (C=O) groups excluding carboxylic acids is 5. The average molecular weight is 777 g/mol. The summed E-state index contributed by atoms with van der Waals surface area (Å²) in [7, 11) is 0. The molecule has 0 radical (unpaired) electrons. The van der Waals surface area contributed by atoms with E-state index < -0.39 is 71.8 Å². The summed E-state index contributed by atoms with van der Waals surface area (Å²) in [4.78, 5) is 95.6. The van der Waals surface area contributed by atoms with Crippen LogP contribution in [0.1, 0.15) is 56.3 Å². The highest BCUT2D eigenvalue weighted by molar-refractivity contribution is 6.10. The molecule has 5 rings (SSSR count). The first-order chi connectivity index (χ1) is 27.2. The standard InChI is InChI=1S/C42H44N6O9/c1-26(2)23-33(37(52)45-32(24-34(49)50)36(51)46-35(38(53)54)28-13-7-4-8-14-28)48-39(55)42(3,29-15-9-5-10-16-29)47(41(48)57)25-27-19-21-31(22-20-27)44-40(56)43-30-17-11-6-12-18-30/h4-22,26,32-33,35H,23-25H2,1-3H3,(H,45,52)(H,46,51)(H,49,50)(H,53,54)(H2,43,44,56). The molecule has 0 bridgehead atoms. The topological polar surface area (TPSA) is 215 Å². The Balaban J connectivity index is 1.42. The van der Waals surface area contributed by atoms with Crippen LogP contribution in [0.2, 0.25) is 0 Å². The normalized spacial score (nSPS) is 16.7. The monoisotopic (exact) mass is 776 g/mol. The molecule has 0 spiro atoms. The average Bonchev–Trinajstić information content (AvgIpc) is 3.37. The van der Waals surface area contributed by atoms with Crippen molar-refractivity contribution in [2.45, 2.75) is 63.8 Å². The van der Waals surface area contributed by atoms with Gasteiger partial charge < -0.3 is 36.4 Å². The number of hydrogen-bond donors (Lipinski definition) is 6. The Kier molecular flexibility index (Phi) is 13.0. The first-order valence-electron chi connectivity index (χ1n) is 18.2. The van der Waals surface area contributed by atoms with Crippen molar-refractivity contribution in [1.29, 1.82) is 0 Å². The van der Waals surface area contributed by atoms with Gasteiger partial charge >= 0.3 is 24.0 Å². The zero-order valence-electron chi connectivity index (χ0n) is 31.5. The van der Waals surface area contributed by atoms with Crippen molar-refractivity contribution >= 4 is 53.1 Å². The van der Waals surface area contributed by atoms with Gasteiger partial charge in [0.2, 0.25) is 11.8 Å². The van der Waals surface area contributed by atoms with Crippen molar-refractivity contribution in [3.63, 3.8) is 0 Å². The van der Waals surface area contributed by atoms with E-state index in [4.69, 9.17) is 0 Å². The van der Waals surface area contributed by atoms with E-state index in [-0.39, 0.29) is 24.4 Å². The van der Waals surface area contributed by atoms with Crippen LogP contribution < -0.4 is 21.3 Å². The Morgan fingerprint density at radius 2 is 1.25 bits per heavy atom. The van der Waals surface area contributed by atoms with Gasteiger partial charge in [-0.2, -0.15) is 0 Å². The molecule has 296 valence electrons. The van der Waals surface area contributed by atoms with Crippen molar-refractivity contribution in [1.82, 2.24) is 20.4 Å². The quantitative estimate of drug-likeness (QED) is 0.0811. The van der Waals surface area contributed by atoms with Gasteiger partial charge in [-0.3, -0.25) is 19.2 Å². The fourth-order valence-electron chi connectivity index (χ4n) is 6.60. The van der Waals surface area contributed by atoms with Gasteiger partial charge in [0.05, 0.1) is 6.42 Å². The molecule has 4 aromatic carbocycles. The third-order valence-electron chi connectivity index (χ3n) is 9.52. The number of rotatable bonds is 16. The fraction of sp³-hybridized carbons (Fsp3) is 0.262. The number of carbonyl (C=O) groups is 7. The summed E-state index contributed by atoms with van der Waals surface area (Å²) in [6.45, 7) is 5.04. The van der Waals surface area contributed by atoms with Gasteiger partial charge in [0.1, 0.15) is 17.6 Å². The van der Waals surface area contributed by atoms with Crippen LogP contribution in [0.3, 0.4) is 0 Å². The largest absolute Gasteiger partial charge is 0.481 e. The van der Waals surface area contributed by atoms with Crippen molar-refractivity contribution in [2.24, 2.45) is 5.92 Å². The molecule has 1 aliphatic heterocycles. The second-order valence-electron chi connectivity index (χ2n) is 14.1. The summed E-state index contributed by atoms with van der Waals surface area (Å²) in [6, 6.07) is 25.8. The van der Waals surface area contributed by atoms with Gasteiger partial charge in [-0.05, 0) is 60.2 Å². The Hall–Kier alpha value is -7.03. The van der Waals surface area contributed by atoms with E-state index in [1.807, 2.05) is 6.07 Å². The summed E-state index contributed by atoms with van der Waals surface area (Å²) in [5.74, 6) is -5.92. The van der Waals surface area contributed by atoms with Crippen molar-refractivity contribution in [3.8, 4) is 0 Å². The summed E-state index contributed by atoms with van der Waals surface area (Å²) < 4.78 is 0. The number of para-hydroxylation sites is 1. The predicted octanol–water partition coefficient (Wildman–Crippen LogP) is 5.33. The number of urea groups is 2. The summed E-state index contributed by atoms with van der Waals surface area (Å²) >= 11 is 0. The smallest absolute Gasteiger partial charge is 0.330 e. The highest BCUT2D eigenvalue weighted by Gasteiger charge is 2.58. The fourth-order valence-corrected chi connectivity index (χ4v) is 6.60. The van der Waals surface area contributed by atoms with E-state index in [0.717, 1.165) is 4.90 Å². The van der Waals surface area contributed by atoms with Crippen molar-refractivity contribution < 1.29 is 43.8 Å². The molecule has 4 aromatic rings. The van der Waals surface area contributed by atoms with Gasteiger partial charge in [0, 0.05) is 17.9 Å². The lowest BCUT2D eigenvalue weighted by Gasteiger charge is -2.32. The van der Waals surface area contributed by atoms with Crippen LogP contribution in [0.25, 0.3) is 0 Å². The summed E-state index contributed by atoms with van der Waals surface area (Å²) in [6.07, 6.45) is -0.960. The Bertz CT molecular complexity index is 2100. The van der Waals surface area contributed by atoms with E-state index in [1.54, 1.807) is 118 Å². The first-order valence-corrected chi connectivity index (χ1v) is 18.2. The number of imide groups is 1. The zero-order chi connectivity index (χ0) is 41.3. The molecule has 1 fully saturated rings. The Morgan fingerprint density at radius 1 is 0.702 bits per heavy atom. The minimum absolute atomic E-state index is 0.0450. The van der Waals surface area contributed by atoms with E-state index in [9.17, 15) is 43.8 Å². The maximum Gasteiger partial charge on any atom is 0.330 e. The number of anilines is 2. The van der Waals surface area contributed by atoms with E-state index in [1.165, 1.54) is 17.0 Å². The molecular weight excluding hydrogens is 732 g/mol. The number of hydrogen-bond acceptors (Lipinski definition) is 7. The van der Waals surface area contributed by atoms with Gasteiger partial charge in [-0.1, -0.05) is 105 Å². The number of nitrogens with one attached hydrogen (secondary N) is 4. The molecule has 1 saturated heterocycles. The molecule has 57 heavy (non-hydrogen) atoms. The molecular formula is C42H44N6O9. The van der Waals surface area contributed by atoms with Crippen LogP contribution in [0.4, 0.5) is 21.0 Å². The molecule has 4 atom stereocenters. The molecule has 0 saturated carbocycles. The molecule has 15 heteroatoms. The molecule has 15 nitrogen and oxygen atoms in total. The van der Waals surface area contributed by atoms with Crippen LogP contribution in [0.15, 0.2) is 115 Å². The Labute approximate surface area is 329 Å². The number of benzene rings is 4. The van der Waals surface area contributed by atoms with Crippen LogP contribution in [-0.4, -0.2) is 73.8 Å². The molecule has 7 amide bonds. The van der Waals surface area contributed by atoms with Gasteiger partial charge in [0.15, 0.2) is 6.04 Å². The summed E-state index contributed by atoms with van der Waals surface area (Å²) in [5.41, 5.74) is 0.745. The minimum Gasteiger partial charge on any atom is -0.481 e. The van der Waals surface area contributed by atoms with Gasteiger partial charge in [-0.15, -0.1) is 0 Å². The van der Waals surface area contributed by atoms with Crippen LogP contribution >= 0.6 is 0 Å². The lowest BCUT2D eigenvalue weighted by Crippen LogP contribution is -2.56. The van der Waals surface area contributed by atoms with Gasteiger partial charge in [-0.25, -0.2) is 19.3 Å². The summed E-state index contributed by atoms with van der Waals surface area (Å²) in [5, 5.41) is 29.7. The van der Waals surface area contributed by atoms with E-state index in [0.29, 0.717) is 22.5 Å². The minimum atomic E-state index is -1.76. The SMILES string of the molecule is CC(C)CC(C(=O)NC(CC(=O)O)C(=O)NC(C(=O)O)c1ccccc1)N1C(=O)N(Cc2ccc(NC(=O)Nc3ccccc3)cc2)C(C)(c2ccccc2)C1=O. The molecule has 1 aliphatic rings. The second-order valence-corrected chi connectivity index (χ2v) is 14.1. The van der Waals surface area contributed by atoms with E-state index in [2.05, 4.69) is 21.3 Å². The van der Waals surface area contributed by atoms with Gasteiger partial charge in [0.25, 0.3) is 5.91 Å².